The molecular formula is C31H36Cl2N2O4. The second kappa shape index (κ2) is 15.4. The zero-order valence-electron chi connectivity index (χ0n) is 22.7. The van der Waals surface area contributed by atoms with Gasteiger partial charge in [-0.2, -0.15) is 0 Å². The van der Waals surface area contributed by atoms with Crippen LogP contribution in [0.4, 0.5) is 0 Å². The smallest absolute Gasteiger partial charge is 0.243 e. The monoisotopic (exact) mass is 570 g/mol. The molecule has 0 fully saturated rings. The maximum Gasteiger partial charge on any atom is 0.243 e. The first kappa shape index (κ1) is 30.3. The number of halogens is 2. The Labute approximate surface area is 241 Å². The summed E-state index contributed by atoms with van der Waals surface area (Å²) < 4.78 is 10.7. The van der Waals surface area contributed by atoms with Gasteiger partial charge in [-0.25, -0.2) is 0 Å². The molecule has 0 radical (unpaired) electrons. The number of unbranched alkanes of at least 4 members (excludes halogenated alkanes) is 1. The fourth-order valence-corrected chi connectivity index (χ4v) is 4.65. The molecule has 208 valence electrons. The highest BCUT2D eigenvalue weighted by molar-refractivity contribution is 6.42. The molecule has 0 saturated heterocycles. The quantitative estimate of drug-likeness (QED) is 0.225. The topological polar surface area (TPSA) is 67.9 Å². The van der Waals surface area contributed by atoms with Gasteiger partial charge in [-0.1, -0.05) is 79.0 Å². The van der Waals surface area contributed by atoms with Gasteiger partial charge in [0.15, 0.2) is 11.5 Å². The van der Waals surface area contributed by atoms with E-state index in [4.69, 9.17) is 32.7 Å². The summed E-state index contributed by atoms with van der Waals surface area (Å²) in [6.07, 6.45) is 2.91. The number of carbonyl (C=O) groups excluding carboxylic acids is 2. The number of methoxy groups -OCH3 is 2. The Hall–Kier alpha value is -3.22. The summed E-state index contributed by atoms with van der Waals surface area (Å²) in [6, 6.07) is 19.9. The maximum atomic E-state index is 13.8. The fourth-order valence-electron chi connectivity index (χ4n) is 4.33. The van der Waals surface area contributed by atoms with E-state index in [0.29, 0.717) is 40.9 Å². The van der Waals surface area contributed by atoms with Gasteiger partial charge in [0.05, 0.1) is 24.3 Å². The van der Waals surface area contributed by atoms with E-state index in [0.717, 1.165) is 29.5 Å². The van der Waals surface area contributed by atoms with Gasteiger partial charge in [-0.15, -0.1) is 0 Å². The van der Waals surface area contributed by atoms with Crippen LogP contribution in [0, 0.1) is 0 Å². The molecule has 0 aliphatic rings. The molecule has 0 aliphatic heterocycles. The minimum absolute atomic E-state index is 0.137. The summed E-state index contributed by atoms with van der Waals surface area (Å²) in [5, 5.41) is 3.87. The first-order valence-corrected chi connectivity index (χ1v) is 13.9. The number of aryl methyl sites for hydroxylation is 1. The van der Waals surface area contributed by atoms with Crippen molar-refractivity contribution in [1.29, 1.82) is 0 Å². The van der Waals surface area contributed by atoms with E-state index >= 15 is 0 Å². The molecule has 0 bridgehead atoms. The number of hydrogen-bond donors (Lipinski definition) is 1. The molecule has 8 heteroatoms. The van der Waals surface area contributed by atoms with Crippen molar-refractivity contribution >= 4 is 35.0 Å². The van der Waals surface area contributed by atoms with Crippen molar-refractivity contribution in [2.75, 3.05) is 20.8 Å². The van der Waals surface area contributed by atoms with Crippen LogP contribution in [-0.2, 0) is 29.0 Å². The van der Waals surface area contributed by atoms with Crippen LogP contribution in [0.15, 0.2) is 66.7 Å². The third-order valence-corrected chi connectivity index (χ3v) is 7.25. The Bertz CT molecular complexity index is 1240. The summed E-state index contributed by atoms with van der Waals surface area (Å²) >= 11 is 12.4. The van der Waals surface area contributed by atoms with Crippen molar-refractivity contribution in [3.63, 3.8) is 0 Å². The molecule has 0 heterocycles. The van der Waals surface area contributed by atoms with Gasteiger partial charge in [-0.05, 0) is 53.8 Å². The largest absolute Gasteiger partial charge is 0.493 e. The summed E-state index contributed by atoms with van der Waals surface area (Å²) in [7, 11) is 3.16. The summed E-state index contributed by atoms with van der Waals surface area (Å²) in [5.41, 5.74) is 2.70. The average Bonchev–Trinajstić information content (AvgIpc) is 2.95. The van der Waals surface area contributed by atoms with Crippen LogP contribution >= 0.6 is 23.2 Å². The van der Waals surface area contributed by atoms with Crippen LogP contribution in [-0.4, -0.2) is 43.5 Å². The molecule has 3 rings (SSSR count). The van der Waals surface area contributed by atoms with Gasteiger partial charge >= 0.3 is 0 Å². The van der Waals surface area contributed by atoms with Crippen molar-refractivity contribution < 1.29 is 19.1 Å². The third-order valence-electron chi connectivity index (χ3n) is 6.51. The van der Waals surface area contributed by atoms with Crippen LogP contribution < -0.4 is 14.8 Å². The molecule has 6 nitrogen and oxygen atoms in total. The van der Waals surface area contributed by atoms with Crippen LogP contribution in [0.1, 0.15) is 42.9 Å². The summed E-state index contributed by atoms with van der Waals surface area (Å²) in [5.74, 6) is 0.919. The third kappa shape index (κ3) is 8.91. The summed E-state index contributed by atoms with van der Waals surface area (Å²) in [4.78, 5) is 29.0. The second-order valence-corrected chi connectivity index (χ2v) is 10.1. The van der Waals surface area contributed by atoms with Crippen molar-refractivity contribution in [3.05, 3.63) is 93.5 Å². The Morgan fingerprint density at radius 3 is 2.26 bits per heavy atom. The van der Waals surface area contributed by atoms with Gasteiger partial charge in [0.25, 0.3) is 0 Å². The predicted octanol–water partition coefficient (Wildman–Crippen LogP) is 6.50. The van der Waals surface area contributed by atoms with Crippen LogP contribution in [0.2, 0.25) is 10.0 Å². The minimum Gasteiger partial charge on any atom is -0.493 e. The molecule has 1 atom stereocenters. The van der Waals surface area contributed by atoms with E-state index in [1.54, 1.807) is 31.3 Å². The lowest BCUT2D eigenvalue weighted by Crippen LogP contribution is -2.50. The molecule has 1 N–H and O–H groups in total. The van der Waals surface area contributed by atoms with E-state index in [9.17, 15) is 9.59 Å². The van der Waals surface area contributed by atoms with Crippen molar-refractivity contribution in [2.24, 2.45) is 0 Å². The van der Waals surface area contributed by atoms with Gasteiger partial charge in [-0.3, -0.25) is 9.59 Å². The zero-order valence-corrected chi connectivity index (χ0v) is 24.2. The van der Waals surface area contributed by atoms with E-state index in [1.165, 1.54) is 0 Å². The number of hydrogen-bond acceptors (Lipinski definition) is 4. The number of benzene rings is 3. The highest BCUT2D eigenvalue weighted by Crippen LogP contribution is 2.29. The first-order chi connectivity index (χ1) is 18.9. The molecule has 39 heavy (non-hydrogen) atoms. The molecule has 3 aromatic rings. The number of carbonyl (C=O) groups is 2. The van der Waals surface area contributed by atoms with Gasteiger partial charge in [0.2, 0.25) is 11.8 Å². The molecule has 0 aromatic heterocycles. The Balaban J connectivity index is 1.91. The standard InChI is InChI=1S/C31H36Cl2N2O4/c1-4-5-17-34-31(37)27(19-22-9-7-6-8-10-22)35(21-24-11-14-25(32)26(33)18-24)30(36)16-13-23-12-15-28(38-2)29(20-23)39-3/h6-12,14-15,18,20,27H,4-5,13,16-17,19,21H2,1-3H3,(H,34,37)/t27-/m1/s1. The highest BCUT2D eigenvalue weighted by atomic mass is 35.5. The molecule has 0 unspecified atom stereocenters. The van der Waals surface area contributed by atoms with Crippen molar-refractivity contribution in [3.8, 4) is 11.5 Å². The Morgan fingerprint density at radius 1 is 0.872 bits per heavy atom. The lowest BCUT2D eigenvalue weighted by atomic mass is 10.0. The number of ether oxygens (including phenoxy) is 2. The van der Waals surface area contributed by atoms with E-state index in [-0.39, 0.29) is 24.8 Å². The molecule has 0 aliphatic carbocycles. The van der Waals surface area contributed by atoms with E-state index in [2.05, 4.69) is 12.2 Å². The SMILES string of the molecule is CCCCNC(=O)[C@@H](Cc1ccccc1)N(Cc1ccc(Cl)c(Cl)c1)C(=O)CCc1ccc(OC)c(OC)c1. The average molecular weight is 572 g/mol. The second-order valence-electron chi connectivity index (χ2n) is 9.31. The number of nitrogens with one attached hydrogen (secondary N) is 1. The highest BCUT2D eigenvalue weighted by Gasteiger charge is 2.30. The first-order valence-electron chi connectivity index (χ1n) is 13.1. The van der Waals surface area contributed by atoms with Crippen molar-refractivity contribution in [1.82, 2.24) is 10.2 Å². The van der Waals surface area contributed by atoms with Crippen molar-refractivity contribution in [2.45, 2.75) is 51.6 Å². The normalized spacial score (nSPS) is 11.5. The predicted molar refractivity (Wildman–Crippen MR) is 157 cm³/mol. The van der Waals surface area contributed by atoms with Gasteiger partial charge in [0, 0.05) is 25.9 Å². The lowest BCUT2D eigenvalue weighted by Gasteiger charge is -2.32. The van der Waals surface area contributed by atoms with E-state index in [1.807, 2.05) is 54.6 Å². The fraction of sp³-hybridized carbons (Fsp3) is 0.355. The number of rotatable bonds is 14. The number of amides is 2. The number of nitrogens with zero attached hydrogens (tertiary/aromatic N) is 1. The Morgan fingerprint density at radius 2 is 1.59 bits per heavy atom. The molecule has 2 amide bonds. The van der Waals surface area contributed by atoms with E-state index < -0.39 is 6.04 Å². The lowest BCUT2D eigenvalue weighted by molar-refractivity contribution is -0.141. The zero-order chi connectivity index (χ0) is 28.2. The molecular weight excluding hydrogens is 535 g/mol. The van der Waals surface area contributed by atoms with Crippen LogP contribution in [0.5, 0.6) is 11.5 Å². The van der Waals surface area contributed by atoms with Gasteiger partial charge < -0.3 is 19.7 Å². The van der Waals surface area contributed by atoms with Gasteiger partial charge in [0.1, 0.15) is 6.04 Å². The van der Waals surface area contributed by atoms with Crippen LogP contribution in [0.25, 0.3) is 0 Å². The maximum absolute atomic E-state index is 13.8. The molecule has 0 spiro atoms. The molecule has 0 saturated carbocycles. The minimum atomic E-state index is -0.698. The Kier molecular flexibility index (Phi) is 12.0. The van der Waals surface area contributed by atoms with Crippen LogP contribution in [0.3, 0.4) is 0 Å². The summed E-state index contributed by atoms with van der Waals surface area (Å²) in [6.45, 7) is 2.85. The molecule has 3 aromatic carbocycles.